The standard InChI is InChI=1S/C19H20FN3O3S/c1-13-5-4-6-15(11-13)19-21-18(22-26-19)9-10-23(3)27(24,25)17-12-16(20)8-7-14(17)2/h4-8,11-12H,9-10H2,1-3H3. The molecule has 0 spiro atoms. The Morgan fingerprint density at radius 1 is 1.15 bits per heavy atom. The molecule has 0 N–H and O–H groups in total. The zero-order chi connectivity index (χ0) is 19.6. The van der Waals surface area contributed by atoms with E-state index in [0.717, 1.165) is 21.5 Å². The summed E-state index contributed by atoms with van der Waals surface area (Å²) in [6.07, 6.45) is 0.277. The molecule has 0 bridgehead atoms. The van der Waals surface area contributed by atoms with Crippen molar-refractivity contribution in [3.8, 4) is 11.5 Å². The van der Waals surface area contributed by atoms with Gasteiger partial charge in [-0.15, -0.1) is 0 Å². The van der Waals surface area contributed by atoms with Gasteiger partial charge in [0.2, 0.25) is 10.0 Å². The number of nitrogens with zero attached hydrogens (tertiary/aromatic N) is 3. The quantitative estimate of drug-likeness (QED) is 0.646. The molecule has 27 heavy (non-hydrogen) atoms. The van der Waals surface area contributed by atoms with Crippen molar-refractivity contribution in [2.45, 2.75) is 25.2 Å². The van der Waals surface area contributed by atoms with Crippen LogP contribution in [-0.4, -0.2) is 36.5 Å². The fourth-order valence-electron chi connectivity index (χ4n) is 2.65. The van der Waals surface area contributed by atoms with E-state index in [1.54, 1.807) is 6.92 Å². The molecule has 0 aliphatic carbocycles. The molecule has 0 atom stereocenters. The molecule has 3 rings (SSSR count). The van der Waals surface area contributed by atoms with E-state index in [4.69, 9.17) is 4.52 Å². The van der Waals surface area contributed by atoms with Crippen LogP contribution in [0.15, 0.2) is 51.9 Å². The minimum absolute atomic E-state index is 0.0430. The Morgan fingerprint density at radius 2 is 1.93 bits per heavy atom. The topological polar surface area (TPSA) is 76.3 Å². The molecule has 0 saturated heterocycles. The highest BCUT2D eigenvalue weighted by atomic mass is 32.2. The van der Waals surface area contributed by atoms with Crippen molar-refractivity contribution >= 4 is 10.0 Å². The van der Waals surface area contributed by atoms with Gasteiger partial charge in [-0.1, -0.05) is 28.9 Å². The number of rotatable bonds is 6. The highest BCUT2D eigenvalue weighted by Crippen LogP contribution is 2.21. The largest absolute Gasteiger partial charge is 0.334 e. The fraction of sp³-hybridized carbons (Fsp3) is 0.263. The molecule has 3 aromatic rings. The van der Waals surface area contributed by atoms with Gasteiger partial charge in [0.25, 0.3) is 5.89 Å². The van der Waals surface area contributed by atoms with Crippen molar-refractivity contribution in [1.29, 1.82) is 0 Å². The van der Waals surface area contributed by atoms with E-state index in [0.29, 0.717) is 17.3 Å². The van der Waals surface area contributed by atoms with E-state index >= 15 is 0 Å². The number of hydrogen-bond acceptors (Lipinski definition) is 5. The summed E-state index contributed by atoms with van der Waals surface area (Å²) in [5, 5.41) is 3.91. The van der Waals surface area contributed by atoms with Crippen LogP contribution in [0.4, 0.5) is 4.39 Å². The second kappa shape index (κ2) is 7.58. The summed E-state index contributed by atoms with van der Waals surface area (Å²) in [5.74, 6) is 0.207. The van der Waals surface area contributed by atoms with Gasteiger partial charge in [0.1, 0.15) is 5.82 Å². The van der Waals surface area contributed by atoms with Gasteiger partial charge in [0, 0.05) is 25.6 Å². The minimum Gasteiger partial charge on any atom is -0.334 e. The molecule has 142 valence electrons. The third-order valence-corrected chi connectivity index (χ3v) is 6.22. The molecule has 1 heterocycles. The van der Waals surface area contributed by atoms with Crippen molar-refractivity contribution in [3.05, 3.63) is 65.2 Å². The van der Waals surface area contributed by atoms with Crippen LogP contribution >= 0.6 is 0 Å². The first kappa shape index (κ1) is 19.2. The number of aryl methyl sites for hydroxylation is 2. The molecule has 0 amide bonds. The van der Waals surface area contributed by atoms with Crippen LogP contribution in [0.3, 0.4) is 0 Å². The second-order valence-corrected chi connectivity index (χ2v) is 8.38. The Balaban J connectivity index is 1.72. The van der Waals surface area contributed by atoms with Crippen molar-refractivity contribution in [2.24, 2.45) is 0 Å². The van der Waals surface area contributed by atoms with Crippen molar-refractivity contribution in [2.75, 3.05) is 13.6 Å². The zero-order valence-electron chi connectivity index (χ0n) is 15.3. The van der Waals surface area contributed by atoms with Crippen molar-refractivity contribution in [1.82, 2.24) is 14.4 Å². The number of likely N-dealkylation sites (N-methyl/N-ethyl adjacent to an activating group) is 1. The highest BCUT2D eigenvalue weighted by molar-refractivity contribution is 7.89. The predicted octanol–water partition coefficient (Wildman–Crippen LogP) is 3.36. The maximum atomic E-state index is 13.5. The lowest BCUT2D eigenvalue weighted by Gasteiger charge is -2.17. The van der Waals surface area contributed by atoms with E-state index in [1.165, 1.54) is 19.2 Å². The van der Waals surface area contributed by atoms with E-state index < -0.39 is 15.8 Å². The summed E-state index contributed by atoms with van der Waals surface area (Å²) in [4.78, 5) is 4.28. The Bertz CT molecular complexity index is 1060. The van der Waals surface area contributed by atoms with Gasteiger partial charge < -0.3 is 4.52 Å². The van der Waals surface area contributed by atoms with E-state index in [-0.39, 0.29) is 17.9 Å². The van der Waals surface area contributed by atoms with E-state index in [2.05, 4.69) is 10.1 Å². The van der Waals surface area contributed by atoms with Crippen molar-refractivity contribution in [3.63, 3.8) is 0 Å². The molecule has 2 aromatic carbocycles. The highest BCUT2D eigenvalue weighted by Gasteiger charge is 2.23. The molecule has 0 aliphatic rings. The maximum absolute atomic E-state index is 13.5. The smallest absolute Gasteiger partial charge is 0.257 e. The summed E-state index contributed by atoms with van der Waals surface area (Å²) < 4.78 is 45.3. The third-order valence-electron chi connectivity index (χ3n) is 4.22. The fourth-order valence-corrected chi connectivity index (χ4v) is 4.05. The molecular weight excluding hydrogens is 369 g/mol. The van der Waals surface area contributed by atoms with Gasteiger partial charge in [0.15, 0.2) is 5.82 Å². The van der Waals surface area contributed by atoms with Crippen LogP contribution in [0.2, 0.25) is 0 Å². The second-order valence-electron chi connectivity index (χ2n) is 6.37. The number of aromatic nitrogens is 2. The molecule has 0 saturated carbocycles. The molecule has 0 radical (unpaired) electrons. The Hall–Kier alpha value is -2.58. The summed E-state index contributed by atoms with van der Waals surface area (Å²) in [5.41, 5.74) is 2.37. The summed E-state index contributed by atoms with van der Waals surface area (Å²) in [6, 6.07) is 11.4. The molecular formula is C19H20FN3O3S. The maximum Gasteiger partial charge on any atom is 0.257 e. The monoisotopic (exact) mass is 389 g/mol. The first-order valence-electron chi connectivity index (χ1n) is 8.39. The molecule has 8 heteroatoms. The van der Waals surface area contributed by atoms with Gasteiger partial charge >= 0.3 is 0 Å². The molecule has 0 fully saturated rings. The van der Waals surface area contributed by atoms with Gasteiger partial charge in [0.05, 0.1) is 4.90 Å². The van der Waals surface area contributed by atoms with Gasteiger partial charge in [-0.3, -0.25) is 0 Å². The number of halogens is 1. The molecule has 0 aliphatic heterocycles. The van der Waals surface area contributed by atoms with Gasteiger partial charge in [-0.25, -0.2) is 17.1 Å². The Labute approximate surface area is 157 Å². The summed E-state index contributed by atoms with van der Waals surface area (Å²) in [7, 11) is -2.36. The number of benzene rings is 2. The normalized spacial score (nSPS) is 11.9. The average Bonchev–Trinajstić information content (AvgIpc) is 3.10. The summed E-state index contributed by atoms with van der Waals surface area (Å²) >= 11 is 0. The average molecular weight is 389 g/mol. The van der Waals surface area contributed by atoms with Crippen LogP contribution in [0.5, 0.6) is 0 Å². The van der Waals surface area contributed by atoms with Crippen LogP contribution in [0.1, 0.15) is 17.0 Å². The van der Waals surface area contributed by atoms with Crippen LogP contribution in [-0.2, 0) is 16.4 Å². The van der Waals surface area contributed by atoms with Gasteiger partial charge in [-0.2, -0.15) is 4.98 Å². The lowest BCUT2D eigenvalue weighted by Crippen LogP contribution is -2.29. The number of sulfonamides is 1. The third kappa shape index (κ3) is 4.23. The van der Waals surface area contributed by atoms with Crippen molar-refractivity contribution < 1.29 is 17.3 Å². The zero-order valence-corrected chi connectivity index (χ0v) is 16.1. The minimum atomic E-state index is -3.81. The first-order valence-corrected chi connectivity index (χ1v) is 9.83. The van der Waals surface area contributed by atoms with Crippen LogP contribution < -0.4 is 0 Å². The molecule has 6 nitrogen and oxygen atoms in total. The number of hydrogen-bond donors (Lipinski definition) is 0. The van der Waals surface area contributed by atoms with E-state index in [1.807, 2.05) is 31.2 Å². The first-order chi connectivity index (χ1) is 12.8. The van der Waals surface area contributed by atoms with Gasteiger partial charge in [-0.05, 0) is 43.7 Å². The Kier molecular flexibility index (Phi) is 5.38. The molecule has 1 aromatic heterocycles. The molecule has 0 unspecified atom stereocenters. The Morgan fingerprint density at radius 3 is 2.67 bits per heavy atom. The summed E-state index contributed by atoms with van der Waals surface area (Å²) in [6.45, 7) is 3.74. The lowest BCUT2D eigenvalue weighted by molar-refractivity contribution is 0.415. The van der Waals surface area contributed by atoms with E-state index in [9.17, 15) is 12.8 Å². The van der Waals surface area contributed by atoms with Crippen LogP contribution in [0.25, 0.3) is 11.5 Å². The SMILES string of the molecule is Cc1cccc(-c2nc(CCN(C)S(=O)(=O)c3cc(F)ccc3C)no2)c1. The predicted molar refractivity (Wildman–Crippen MR) is 99.1 cm³/mol. The van der Waals surface area contributed by atoms with Crippen LogP contribution in [0, 0.1) is 19.7 Å². The lowest BCUT2D eigenvalue weighted by atomic mass is 10.1.